The summed E-state index contributed by atoms with van der Waals surface area (Å²) in [6.07, 6.45) is -4.73. The van der Waals surface area contributed by atoms with Gasteiger partial charge in [0.1, 0.15) is 11.6 Å². The van der Waals surface area contributed by atoms with Crippen LogP contribution in [0.4, 0.5) is 41.2 Å². The molecule has 0 aliphatic heterocycles. The number of nitrogens with zero attached hydrogens (tertiary/aromatic N) is 2. The highest BCUT2D eigenvalue weighted by Gasteiger charge is 2.75. The van der Waals surface area contributed by atoms with E-state index in [9.17, 15) is 49.9 Å². The molecule has 0 radical (unpaired) electrons. The number of alkyl carbamates (subject to hydrolysis) is 1. The first kappa shape index (κ1) is 46.1. The quantitative estimate of drug-likeness (QED) is 0.0768. The van der Waals surface area contributed by atoms with E-state index in [1.165, 1.54) is 36.5 Å². The van der Waals surface area contributed by atoms with Crippen LogP contribution in [0.25, 0.3) is 22.5 Å². The van der Waals surface area contributed by atoms with E-state index in [2.05, 4.69) is 26.0 Å². The zero-order valence-corrected chi connectivity index (χ0v) is 33.8. The maximum Gasteiger partial charge on any atom is 0.460 e. The molecular formula is C42H45F7N6O6. The zero-order valence-electron chi connectivity index (χ0n) is 33.8. The molecule has 0 spiro atoms. The van der Waals surface area contributed by atoms with Crippen molar-refractivity contribution in [3.63, 3.8) is 0 Å². The largest absolute Gasteiger partial charge is 0.465 e. The van der Waals surface area contributed by atoms with Gasteiger partial charge in [-0.1, -0.05) is 30.3 Å². The SMILES string of the molecule is COC(=O)c1ccc(-c2ccc(C[C@H](NC(=O)C3CCC(CNC(=O)OC(C)(C)C)CC3)C(=O)Nc3ccc(-c4n[nH]c(C(F)(F)C(F)(F)C(F)(F)F)n4)cc3)cc2)c(C)c1. The van der Waals surface area contributed by atoms with Crippen LogP contribution in [0.2, 0.25) is 0 Å². The lowest BCUT2D eigenvalue weighted by atomic mass is 9.81. The normalized spacial score (nSPS) is 16.6. The lowest BCUT2D eigenvalue weighted by Gasteiger charge is -2.29. The molecule has 3 aromatic carbocycles. The molecule has 12 nitrogen and oxygen atoms in total. The number of amides is 3. The van der Waals surface area contributed by atoms with Crippen LogP contribution >= 0.6 is 0 Å². The maximum absolute atomic E-state index is 14.2. The number of hydrogen-bond donors (Lipinski definition) is 4. The number of alkyl halides is 7. The molecule has 3 amide bonds. The van der Waals surface area contributed by atoms with Gasteiger partial charge in [-0.15, -0.1) is 0 Å². The second kappa shape index (κ2) is 18.3. The number of esters is 1. The number of anilines is 1. The Morgan fingerprint density at radius 3 is 2.05 bits per heavy atom. The summed E-state index contributed by atoms with van der Waals surface area (Å²) in [6.45, 7) is 7.52. The van der Waals surface area contributed by atoms with Gasteiger partial charge in [-0.25, -0.2) is 14.6 Å². The predicted octanol–water partition coefficient (Wildman–Crippen LogP) is 8.52. The summed E-state index contributed by atoms with van der Waals surface area (Å²) in [5, 5.41) is 13.2. The van der Waals surface area contributed by atoms with Crippen LogP contribution in [0.5, 0.6) is 0 Å². The van der Waals surface area contributed by atoms with Gasteiger partial charge in [0.15, 0.2) is 5.82 Å². The maximum atomic E-state index is 14.2. The topological polar surface area (TPSA) is 164 Å². The van der Waals surface area contributed by atoms with E-state index >= 15 is 0 Å². The molecule has 61 heavy (non-hydrogen) atoms. The van der Waals surface area contributed by atoms with Crippen LogP contribution in [0.1, 0.15) is 73.8 Å². The standard InChI is InChI=1S/C42H45F7N6O6/c1-23-20-29(36(58)60-5)16-19-31(23)26-10-6-24(7-11-26)21-32(52-34(56)28-12-8-25(9-13-28)22-50-38(59)61-39(2,3)4)35(57)51-30-17-14-27(15-18-30)33-53-37(55-54-33)40(43,44)41(45,46)42(47,48)49/h6-7,10-11,14-20,25,28,32H,8-9,12-13,21-22H2,1-5H3,(H,50,59)(H,51,57)(H,52,56)(H,53,54,55)/t25?,28?,32-/m0/s1. The van der Waals surface area contributed by atoms with Gasteiger partial charge in [0.05, 0.1) is 12.7 Å². The van der Waals surface area contributed by atoms with E-state index in [1.54, 1.807) is 51.1 Å². The molecule has 1 aliphatic rings. The number of carbonyl (C=O) groups excluding carboxylic acids is 4. The average molecular weight is 863 g/mol. The number of halogens is 7. The number of aromatic nitrogens is 3. The molecule has 1 fully saturated rings. The highest BCUT2D eigenvalue weighted by atomic mass is 19.4. The van der Waals surface area contributed by atoms with Gasteiger partial charge >= 0.3 is 30.1 Å². The minimum atomic E-state index is -6.56. The summed E-state index contributed by atoms with van der Waals surface area (Å²) in [6, 6.07) is 16.4. The first-order chi connectivity index (χ1) is 28.5. The molecule has 5 rings (SSSR count). The van der Waals surface area contributed by atoms with Crippen LogP contribution in [0.3, 0.4) is 0 Å². The van der Waals surface area contributed by atoms with E-state index in [1.807, 2.05) is 19.1 Å². The first-order valence-electron chi connectivity index (χ1n) is 19.2. The number of rotatable bonds is 13. The predicted molar refractivity (Wildman–Crippen MR) is 209 cm³/mol. The van der Waals surface area contributed by atoms with Crippen molar-refractivity contribution in [1.82, 2.24) is 25.8 Å². The first-order valence-corrected chi connectivity index (χ1v) is 19.2. The van der Waals surface area contributed by atoms with E-state index < -0.39 is 65.2 Å². The van der Waals surface area contributed by atoms with Crippen molar-refractivity contribution in [3.8, 4) is 22.5 Å². The lowest BCUT2D eigenvalue weighted by molar-refractivity contribution is -0.361. The van der Waals surface area contributed by atoms with Crippen LogP contribution in [0.15, 0.2) is 66.7 Å². The molecule has 1 saturated carbocycles. The minimum absolute atomic E-state index is 0.0522. The van der Waals surface area contributed by atoms with Gasteiger partial charge in [-0.2, -0.15) is 35.8 Å². The molecular weight excluding hydrogens is 817 g/mol. The van der Waals surface area contributed by atoms with Crippen LogP contribution in [-0.4, -0.2) is 76.5 Å². The summed E-state index contributed by atoms with van der Waals surface area (Å²) < 4.78 is 104. The Bertz CT molecular complexity index is 2200. The van der Waals surface area contributed by atoms with Crippen molar-refractivity contribution < 1.29 is 59.4 Å². The molecule has 4 aromatic rings. The third-order valence-corrected chi connectivity index (χ3v) is 10.1. The molecule has 0 saturated heterocycles. The summed E-state index contributed by atoms with van der Waals surface area (Å²) in [5.41, 5.74) is 3.06. The van der Waals surface area contributed by atoms with Crippen LogP contribution in [0, 0.1) is 18.8 Å². The Morgan fingerprint density at radius 2 is 1.48 bits per heavy atom. The van der Waals surface area contributed by atoms with Crippen LogP contribution < -0.4 is 16.0 Å². The third kappa shape index (κ3) is 11.2. The van der Waals surface area contributed by atoms with Gasteiger partial charge in [0, 0.05) is 30.1 Å². The highest BCUT2D eigenvalue weighted by molar-refractivity contribution is 5.98. The molecule has 1 aliphatic carbocycles. The van der Waals surface area contributed by atoms with Gasteiger partial charge in [-0.3, -0.25) is 14.7 Å². The van der Waals surface area contributed by atoms with Crippen molar-refractivity contribution in [1.29, 1.82) is 0 Å². The molecule has 4 N–H and O–H groups in total. The molecule has 0 unspecified atom stereocenters. The Hall–Kier alpha value is -6.01. The van der Waals surface area contributed by atoms with Gasteiger partial charge in [0.2, 0.25) is 17.6 Å². The van der Waals surface area contributed by atoms with E-state index in [0.717, 1.165) is 16.7 Å². The molecule has 1 atom stereocenters. The number of ether oxygens (including phenoxy) is 2. The number of H-pyrrole nitrogens is 1. The molecule has 328 valence electrons. The molecule has 19 heteroatoms. The fraction of sp³-hybridized carbons (Fsp3) is 0.429. The number of benzene rings is 3. The summed E-state index contributed by atoms with van der Waals surface area (Å²) >= 11 is 0. The van der Waals surface area contributed by atoms with Crippen molar-refractivity contribution in [2.24, 2.45) is 11.8 Å². The monoisotopic (exact) mass is 862 g/mol. The van der Waals surface area contributed by atoms with Crippen molar-refractivity contribution in [2.45, 2.75) is 89.5 Å². The minimum Gasteiger partial charge on any atom is -0.465 e. The summed E-state index contributed by atoms with van der Waals surface area (Å²) in [4.78, 5) is 54.8. The van der Waals surface area contributed by atoms with Crippen molar-refractivity contribution >= 4 is 29.6 Å². The number of nitrogens with one attached hydrogen (secondary N) is 4. The number of methoxy groups -OCH3 is 1. The molecule has 1 heterocycles. The third-order valence-electron chi connectivity index (χ3n) is 10.1. The van der Waals surface area contributed by atoms with Gasteiger partial charge in [0.25, 0.3) is 0 Å². The zero-order chi connectivity index (χ0) is 44.9. The average Bonchev–Trinajstić information content (AvgIpc) is 3.71. The number of aryl methyl sites for hydroxylation is 1. The van der Waals surface area contributed by atoms with Gasteiger partial charge in [-0.05, 0) is 118 Å². The Morgan fingerprint density at radius 1 is 0.852 bits per heavy atom. The van der Waals surface area contributed by atoms with Crippen LogP contribution in [-0.2, 0) is 31.4 Å². The smallest absolute Gasteiger partial charge is 0.460 e. The number of aromatic amines is 1. The van der Waals surface area contributed by atoms with Gasteiger partial charge < -0.3 is 25.4 Å². The summed E-state index contributed by atoms with van der Waals surface area (Å²) in [5.74, 6) is -16.5. The number of hydrogen-bond acceptors (Lipinski definition) is 8. The second-order valence-electron chi connectivity index (χ2n) is 15.8. The fourth-order valence-electron chi connectivity index (χ4n) is 6.75. The number of carbonyl (C=O) groups is 4. The Balaban J connectivity index is 1.29. The van der Waals surface area contributed by atoms with E-state index in [0.29, 0.717) is 43.4 Å². The Kier molecular flexibility index (Phi) is 13.8. The lowest BCUT2D eigenvalue weighted by Crippen LogP contribution is -2.50. The Labute approximate surface area is 346 Å². The van der Waals surface area contributed by atoms with E-state index in [-0.39, 0.29) is 29.5 Å². The van der Waals surface area contributed by atoms with E-state index in [4.69, 9.17) is 9.47 Å². The fourth-order valence-corrected chi connectivity index (χ4v) is 6.75. The highest BCUT2D eigenvalue weighted by Crippen LogP contribution is 2.51. The van der Waals surface area contributed by atoms with Crippen molar-refractivity contribution in [2.75, 3.05) is 19.0 Å². The van der Waals surface area contributed by atoms with Crippen molar-refractivity contribution in [3.05, 3.63) is 89.2 Å². The summed E-state index contributed by atoms with van der Waals surface area (Å²) in [7, 11) is 1.29. The molecule has 0 bridgehead atoms. The molecule has 1 aromatic heterocycles. The second-order valence-corrected chi connectivity index (χ2v) is 15.8.